The second-order valence-electron chi connectivity index (χ2n) is 5.39. The molecule has 4 nitrogen and oxygen atoms in total. The third-order valence-electron chi connectivity index (χ3n) is 2.83. The van der Waals surface area contributed by atoms with Crippen LogP contribution in [0.25, 0.3) is 0 Å². The van der Waals surface area contributed by atoms with Gasteiger partial charge in [0.05, 0.1) is 16.6 Å². The second kappa shape index (κ2) is 5.54. The molecule has 102 valence electrons. The van der Waals surface area contributed by atoms with Crippen molar-refractivity contribution in [2.75, 3.05) is 0 Å². The first-order valence-electron chi connectivity index (χ1n) is 5.98. The van der Waals surface area contributed by atoms with E-state index in [9.17, 15) is 0 Å². The summed E-state index contributed by atoms with van der Waals surface area (Å²) in [5.74, 6) is 5.72. The SMILES string of the molecule is CC(C)(C)c1nnsc1C(NN)c1cccc(Cl)c1. The second-order valence-corrected chi connectivity index (χ2v) is 6.61. The number of benzene rings is 1. The molecule has 3 N–H and O–H groups in total. The van der Waals surface area contributed by atoms with E-state index in [4.69, 9.17) is 17.4 Å². The molecule has 6 heteroatoms. The topological polar surface area (TPSA) is 63.8 Å². The van der Waals surface area contributed by atoms with E-state index in [1.807, 2.05) is 24.3 Å². The molecule has 0 saturated heterocycles. The quantitative estimate of drug-likeness (QED) is 0.675. The Morgan fingerprint density at radius 3 is 2.68 bits per heavy atom. The number of hydrogen-bond acceptors (Lipinski definition) is 5. The molecule has 0 aliphatic heterocycles. The lowest BCUT2D eigenvalue weighted by atomic mass is 9.89. The van der Waals surface area contributed by atoms with E-state index in [0.717, 1.165) is 16.1 Å². The van der Waals surface area contributed by atoms with Gasteiger partial charge in [0.25, 0.3) is 0 Å². The summed E-state index contributed by atoms with van der Waals surface area (Å²) in [5.41, 5.74) is 4.72. The molecule has 1 aromatic heterocycles. The Morgan fingerprint density at radius 1 is 1.37 bits per heavy atom. The average Bonchev–Trinajstić information content (AvgIpc) is 2.79. The minimum atomic E-state index is -0.145. The largest absolute Gasteiger partial charge is 0.271 e. The lowest BCUT2D eigenvalue weighted by Gasteiger charge is -2.21. The van der Waals surface area contributed by atoms with Gasteiger partial charge in [0.2, 0.25) is 0 Å². The molecule has 19 heavy (non-hydrogen) atoms. The van der Waals surface area contributed by atoms with Crippen LogP contribution in [0.4, 0.5) is 0 Å². The van der Waals surface area contributed by atoms with Gasteiger partial charge in [-0.1, -0.05) is 49.0 Å². The number of aromatic nitrogens is 2. The molecule has 0 radical (unpaired) electrons. The number of nitrogens with two attached hydrogens (primary N) is 1. The molecule has 1 aromatic carbocycles. The maximum atomic E-state index is 6.04. The van der Waals surface area contributed by atoms with Gasteiger partial charge in [0, 0.05) is 10.4 Å². The summed E-state index contributed by atoms with van der Waals surface area (Å²) < 4.78 is 4.07. The summed E-state index contributed by atoms with van der Waals surface area (Å²) in [7, 11) is 0. The monoisotopic (exact) mass is 296 g/mol. The van der Waals surface area contributed by atoms with Gasteiger partial charge in [-0.25, -0.2) is 5.43 Å². The number of halogens is 1. The van der Waals surface area contributed by atoms with Gasteiger partial charge < -0.3 is 0 Å². The van der Waals surface area contributed by atoms with E-state index in [2.05, 4.69) is 35.8 Å². The first-order valence-corrected chi connectivity index (χ1v) is 7.13. The highest BCUT2D eigenvalue weighted by Gasteiger charge is 2.27. The van der Waals surface area contributed by atoms with Crippen LogP contribution in [0.1, 0.15) is 42.9 Å². The molecule has 1 unspecified atom stereocenters. The zero-order valence-corrected chi connectivity index (χ0v) is 12.7. The summed E-state index contributed by atoms with van der Waals surface area (Å²) in [6.07, 6.45) is 0. The zero-order valence-electron chi connectivity index (χ0n) is 11.1. The van der Waals surface area contributed by atoms with Crippen molar-refractivity contribution in [2.24, 2.45) is 5.84 Å². The molecule has 0 fully saturated rings. The Labute approximate surface area is 122 Å². The van der Waals surface area contributed by atoms with E-state index in [1.54, 1.807) is 0 Å². The van der Waals surface area contributed by atoms with Crippen molar-refractivity contribution in [3.63, 3.8) is 0 Å². The summed E-state index contributed by atoms with van der Waals surface area (Å²) in [4.78, 5) is 1.03. The molecule has 0 spiro atoms. The van der Waals surface area contributed by atoms with Crippen LogP contribution in [0, 0.1) is 0 Å². The Bertz CT molecular complexity index is 562. The van der Waals surface area contributed by atoms with Crippen LogP contribution < -0.4 is 11.3 Å². The van der Waals surface area contributed by atoms with Crippen molar-refractivity contribution in [2.45, 2.75) is 32.2 Å². The molecular formula is C13H17ClN4S. The summed E-state index contributed by atoms with van der Waals surface area (Å²) in [6, 6.07) is 7.50. The molecule has 0 aliphatic carbocycles. The smallest absolute Gasteiger partial charge is 0.0861 e. The predicted octanol–water partition coefficient (Wildman–Crippen LogP) is 3.04. The van der Waals surface area contributed by atoms with Gasteiger partial charge >= 0.3 is 0 Å². The Hall–Kier alpha value is -1.01. The standard InChI is InChI=1S/C13H17ClN4S/c1-13(2,3)12-11(19-18-17-12)10(16-15)8-5-4-6-9(14)7-8/h4-7,10,16H,15H2,1-3H3. The number of nitrogens with one attached hydrogen (secondary N) is 1. The van der Waals surface area contributed by atoms with Crippen molar-refractivity contribution >= 4 is 23.1 Å². The number of hydrazine groups is 1. The average molecular weight is 297 g/mol. The summed E-state index contributed by atoms with van der Waals surface area (Å²) in [5, 5.41) is 4.93. The summed E-state index contributed by atoms with van der Waals surface area (Å²) >= 11 is 7.40. The Morgan fingerprint density at radius 2 is 2.11 bits per heavy atom. The van der Waals surface area contributed by atoms with Gasteiger partial charge in [-0.15, -0.1) is 5.10 Å². The van der Waals surface area contributed by atoms with Crippen LogP contribution in [0.3, 0.4) is 0 Å². The van der Waals surface area contributed by atoms with Gasteiger partial charge in [0.15, 0.2) is 0 Å². The maximum absolute atomic E-state index is 6.04. The molecule has 0 amide bonds. The van der Waals surface area contributed by atoms with Gasteiger partial charge in [-0.05, 0) is 29.2 Å². The highest BCUT2D eigenvalue weighted by atomic mass is 35.5. The first-order chi connectivity index (χ1) is 8.93. The molecule has 1 atom stereocenters. The fourth-order valence-corrected chi connectivity index (χ4v) is 3.07. The third kappa shape index (κ3) is 3.12. The van der Waals surface area contributed by atoms with Crippen LogP contribution in [0.2, 0.25) is 5.02 Å². The lowest BCUT2D eigenvalue weighted by Crippen LogP contribution is -2.30. The van der Waals surface area contributed by atoms with Crippen LogP contribution >= 0.6 is 23.1 Å². The zero-order chi connectivity index (χ0) is 14.0. The van der Waals surface area contributed by atoms with Crippen molar-refractivity contribution in [1.82, 2.24) is 15.0 Å². The maximum Gasteiger partial charge on any atom is 0.0861 e. The Balaban J connectivity index is 2.46. The minimum Gasteiger partial charge on any atom is -0.271 e. The molecule has 0 saturated carbocycles. The molecule has 0 bridgehead atoms. The number of hydrogen-bond donors (Lipinski definition) is 2. The number of rotatable bonds is 3. The van der Waals surface area contributed by atoms with Gasteiger partial charge in [0.1, 0.15) is 0 Å². The van der Waals surface area contributed by atoms with E-state index in [1.165, 1.54) is 11.5 Å². The van der Waals surface area contributed by atoms with Gasteiger partial charge in [-0.2, -0.15) is 0 Å². The van der Waals surface area contributed by atoms with Crippen LogP contribution in [-0.4, -0.2) is 9.59 Å². The Kier molecular flexibility index (Phi) is 4.20. The number of nitrogens with zero attached hydrogens (tertiary/aromatic N) is 2. The highest BCUT2D eigenvalue weighted by molar-refractivity contribution is 7.05. The first kappa shape index (κ1) is 14.4. The molecule has 1 heterocycles. The van der Waals surface area contributed by atoms with Crippen LogP contribution in [0.15, 0.2) is 24.3 Å². The van der Waals surface area contributed by atoms with Crippen molar-refractivity contribution in [3.8, 4) is 0 Å². The van der Waals surface area contributed by atoms with Crippen molar-refractivity contribution in [3.05, 3.63) is 45.4 Å². The van der Waals surface area contributed by atoms with Crippen LogP contribution in [-0.2, 0) is 5.41 Å². The van der Waals surface area contributed by atoms with E-state index in [-0.39, 0.29) is 11.5 Å². The van der Waals surface area contributed by atoms with Crippen LogP contribution in [0.5, 0.6) is 0 Å². The highest BCUT2D eigenvalue weighted by Crippen LogP contribution is 2.33. The van der Waals surface area contributed by atoms with E-state index < -0.39 is 0 Å². The van der Waals surface area contributed by atoms with E-state index in [0.29, 0.717) is 5.02 Å². The molecule has 2 aromatic rings. The van der Waals surface area contributed by atoms with E-state index >= 15 is 0 Å². The third-order valence-corrected chi connectivity index (χ3v) is 3.86. The van der Waals surface area contributed by atoms with Gasteiger partial charge in [-0.3, -0.25) is 5.84 Å². The van der Waals surface area contributed by atoms with Crippen molar-refractivity contribution in [1.29, 1.82) is 0 Å². The lowest BCUT2D eigenvalue weighted by molar-refractivity contribution is 0.543. The summed E-state index contributed by atoms with van der Waals surface area (Å²) in [6.45, 7) is 6.33. The predicted molar refractivity (Wildman–Crippen MR) is 79.2 cm³/mol. The normalized spacial score (nSPS) is 13.5. The minimum absolute atomic E-state index is 0.0734. The molecule has 2 rings (SSSR count). The van der Waals surface area contributed by atoms with Crippen molar-refractivity contribution < 1.29 is 0 Å². The molecular weight excluding hydrogens is 280 g/mol. The molecule has 0 aliphatic rings. The fourth-order valence-electron chi connectivity index (χ4n) is 1.92. The fraction of sp³-hybridized carbons (Fsp3) is 0.385.